The first kappa shape index (κ1) is 8.67. The molecule has 1 aliphatic rings. The summed E-state index contributed by atoms with van der Waals surface area (Å²) in [4.78, 5) is 0. The van der Waals surface area contributed by atoms with Gasteiger partial charge in [0.1, 0.15) is 0 Å². The number of hydrogen-bond donors (Lipinski definition) is 0. The lowest BCUT2D eigenvalue weighted by Gasteiger charge is -2.05. The molecular weight excluding hydrogens is 115 g/mol. The summed E-state index contributed by atoms with van der Waals surface area (Å²) in [5.41, 5.74) is 0. The third-order valence-corrected chi connectivity index (χ3v) is 1.50. The maximum absolute atomic E-state index is 10.1. The highest BCUT2D eigenvalue weighted by Gasteiger charge is 1.95. The van der Waals surface area contributed by atoms with Crippen LogP contribution in [-0.4, -0.2) is 0 Å². The van der Waals surface area contributed by atoms with Gasteiger partial charge >= 0.3 is 0 Å². The molecule has 0 saturated heterocycles. The summed E-state index contributed by atoms with van der Waals surface area (Å²) in [6.07, 6.45) is 9.25. The van der Waals surface area contributed by atoms with Gasteiger partial charge in [0.2, 0.25) is 0 Å². The van der Waals surface area contributed by atoms with Crippen LogP contribution in [0.2, 0.25) is 0 Å². The van der Waals surface area contributed by atoms with E-state index < -0.39 is 0 Å². The Hall–Kier alpha value is -0.330. The van der Waals surface area contributed by atoms with E-state index in [4.69, 9.17) is 0 Å². The molecule has 1 aliphatic carbocycles. The minimum atomic E-state index is 0.250. The van der Waals surface area contributed by atoms with Gasteiger partial charge in [-0.05, 0) is 0 Å². The van der Waals surface area contributed by atoms with E-state index >= 15 is 0 Å². The molecule has 1 fully saturated rings. The predicted octanol–water partition coefficient (Wildman–Crippen LogP) is 3.44. The highest BCUT2D eigenvalue weighted by molar-refractivity contribution is 4.51. The van der Waals surface area contributed by atoms with Gasteiger partial charge in [0.05, 0.1) is 6.33 Å². The quantitative estimate of drug-likeness (QED) is 0.471. The van der Waals surface area contributed by atoms with Crippen LogP contribution in [0.25, 0.3) is 0 Å². The van der Waals surface area contributed by atoms with Crippen LogP contribution in [0, 0.1) is 0 Å². The maximum Gasteiger partial charge on any atom is 0.0795 e. The molecule has 0 N–H and O–H groups in total. The Kier molecular flexibility index (Phi) is 7.39. The Morgan fingerprint density at radius 3 is 1.11 bits per heavy atom. The summed E-state index contributed by atoms with van der Waals surface area (Å²) in [5.74, 6) is 0. The monoisotopic (exact) mass is 130 g/mol. The lowest BCUT2D eigenvalue weighted by Crippen LogP contribution is -1.85. The highest BCUT2D eigenvalue weighted by Crippen LogP contribution is 2.15. The van der Waals surface area contributed by atoms with Gasteiger partial charge in [-0.3, -0.25) is 0 Å². The fourth-order valence-electron chi connectivity index (χ4n) is 1.06. The Bertz CT molecular complexity index is 44.1. The van der Waals surface area contributed by atoms with Crippen molar-refractivity contribution in [3.63, 3.8) is 0 Å². The van der Waals surface area contributed by atoms with Crippen LogP contribution in [0.5, 0.6) is 0 Å². The van der Waals surface area contributed by atoms with Crippen molar-refractivity contribution in [3.8, 4) is 0 Å². The van der Waals surface area contributed by atoms with E-state index in [0.29, 0.717) is 0 Å². The van der Waals surface area contributed by atoms with Crippen LogP contribution in [0.1, 0.15) is 38.5 Å². The molecule has 0 radical (unpaired) electrons. The Labute approximate surface area is 56.8 Å². The van der Waals surface area contributed by atoms with E-state index in [9.17, 15) is 4.39 Å². The van der Waals surface area contributed by atoms with Gasteiger partial charge in [0.15, 0.2) is 0 Å². The van der Waals surface area contributed by atoms with Crippen LogP contribution in [0.15, 0.2) is 12.9 Å². The molecule has 54 valence electrons. The Morgan fingerprint density at radius 2 is 1.00 bits per heavy atom. The molecule has 0 aromatic heterocycles. The Morgan fingerprint density at radius 1 is 0.889 bits per heavy atom. The number of hydrogen-bond acceptors (Lipinski definition) is 0. The molecule has 0 heterocycles. The molecule has 1 saturated carbocycles. The van der Waals surface area contributed by atoms with Crippen LogP contribution >= 0.6 is 0 Å². The second kappa shape index (κ2) is 7.67. The average molecular weight is 130 g/mol. The summed E-state index contributed by atoms with van der Waals surface area (Å²) in [5, 5.41) is 0. The zero-order valence-electron chi connectivity index (χ0n) is 5.91. The SMILES string of the molecule is C1CCCCC1.C=CF. The summed E-state index contributed by atoms with van der Waals surface area (Å²) >= 11 is 0. The largest absolute Gasteiger partial charge is 0.216 e. The summed E-state index contributed by atoms with van der Waals surface area (Å²) < 4.78 is 10.1. The van der Waals surface area contributed by atoms with E-state index in [-0.39, 0.29) is 6.33 Å². The topological polar surface area (TPSA) is 0 Å². The van der Waals surface area contributed by atoms with Crippen molar-refractivity contribution in [2.75, 3.05) is 0 Å². The standard InChI is InChI=1S/C6H12.C2H3F/c1-2-4-6-5-3-1;1-2-3/h1-6H2;2H,1H2. The molecule has 0 aliphatic heterocycles. The highest BCUT2D eigenvalue weighted by atomic mass is 19.1. The molecule has 1 rings (SSSR count). The van der Waals surface area contributed by atoms with Gasteiger partial charge in [-0.1, -0.05) is 45.1 Å². The maximum atomic E-state index is 10.1. The lowest BCUT2D eigenvalue weighted by molar-refractivity contribution is 0.504. The minimum absolute atomic E-state index is 0.250. The Balaban J connectivity index is 0.000000187. The molecule has 0 aromatic rings. The zero-order chi connectivity index (χ0) is 6.95. The van der Waals surface area contributed by atoms with Crippen molar-refractivity contribution in [2.24, 2.45) is 0 Å². The fourth-order valence-corrected chi connectivity index (χ4v) is 1.06. The van der Waals surface area contributed by atoms with Crippen LogP contribution < -0.4 is 0 Å². The summed E-state index contributed by atoms with van der Waals surface area (Å²) in [7, 11) is 0. The molecule has 0 unspecified atom stereocenters. The van der Waals surface area contributed by atoms with Gasteiger partial charge < -0.3 is 0 Å². The van der Waals surface area contributed by atoms with E-state index in [1.54, 1.807) is 0 Å². The van der Waals surface area contributed by atoms with Gasteiger partial charge in [-0.25, -0.2) is 4.39 Å². The first-order valence-corrected chi connectivity index (χ1v) is 3.63. The normalized spacial score (nSPS) is 17.4. The van der Waals surface area contributed by atoms with Crippen LogP contribution in [0.4, 0.5) is 4.39 Å². The van der Waals surface area contributed by atoms with E-state index in [0.717, 1.165) is 0 Å². The fraction of sp³-hybridized carbons (Fsp3) is 0.750. The van der Waals surface area contributed by atoms with E-state index in [2.05, 4.69) is 6.58 Å². The van der Waals surface area contributed by atoms with Crippen molar-refractivity contribution < 1.29 is 4.39 Å². The van der Waals surface area contributed by atoms with Gasteiger partial charge in [-0.2, -0.15) is 0 Å². The van der Waals surface area contributed by atoms with Crippen molar-refractivity contribution >= 4 is 0 Å². The smallest absolute Gasteiger partial charge is 0.0795 e. The van der Waals surface area contributed by atoms with Gasteiger partial charge in [-0.15, -0.1) is 0 Å². The van der Waals surface area contributed by atoms with Crippen molar-refractivity contribution in [3.05, 3.63) is 12.9 Å². The van der Waals surface area contributed by atoms with Gasteiger partial charge in [0.25, 0.3) is 0 Å². The van der Waals surface area contributed by atoms with Crippen molar-refractivity contribution in [1.29, 1.82) is 0 Å². The van der Waals surface area contributed by atoms with Crippen molar-refractivity contribution in [1.82, 2.24) is 0 Å². The molecule has 9 heavy (non-hydrogen) atoms. The molecule has 0 nitrogen and oxygen atoms in total. The molecule has 1 heteroatoms. The second-order valence-corrected chi connectivity index (χ2v) is 2.28. The first-order valence-electron chi connectivity index (χ1n) is 3.63. The van der Waals surface area contributed by atoms with Crippen molar-refractivity contribution in [2.45, 2.75) is 38.5 Å². The van der Waals surface area contributed by atoms with Gasteiger partial charge in [0, 0.05) is 0 Å². The lowest BCUT2D eigenvalue weighted by atomic mass is 10.0. The third kappa shape index (κ3) is 7.67. The summed E-state index contributed by atoms with van der Waals surface area (Å²) in [6, 6.07) is 0. The minimum Gasteiger partial charge on any atom is -0.216 e. The van der Waals surface area contributed by atoms with E-state index in [1.165, 1.54) is 38.5 Å². The average Bonchev–Trinajstić information content (AvgIpc) is 1.93. The van der Waals surface area contributed by atoms with E-state index in [1.807, 2.05) is 0 Å². The first-order chi connectivity index (χ1) is 4.41. The predicted molar refractivity (Wildman–Crippen MR) is 39.0 cm³/mol. The molecule has 0 amide bonds. The number of halogens is 1. The molecular formula is C8H15F. The zero-order valence-corrected chi connectivity index (χ0v) is 5.91. The molecule has 0 bridgehead atoms. The van der Waals surface area contributed by atoms with Crippen LogP contribution in [0.3, 0.4) is 0 Å². The molecule has 0 spiro atoms. The summed E-state index contributed by atoms with van der Waals surface area (Å²) in [6.45, 7) is 2.69. The van der Waals surface area contributed by atoms with Crippen LogP contribution in [-0.2, 0) is 0 Å². The third-order valence-electron chi connectivity index (χ3n) is 1.50. The molecule has 0 aromatic carbocycles. The second-order valence-electron chi connectivity index (χ2n) is 2.28. The molecule has 0 atom stereocenters. The number of rotatable bonds is 0.